The second-order valence-corrected chi connectivity index (χ2v) is 16.6. The number of carbonyl (C=O) groups excluding carboxylic acids is 2. The highest BCUT2D eigenvalue weighted by Crippen LogP contribution is 2.51. The number of piperidine rings is 1. The number of nitrogens with one attached hydrogen (secondary N) is 1. The highest BCUT2D eigenvalue weighted by atomic mass is 32.2. The van der Waals surface area contributed by atoms with E-state index in [0.29, 0.717) is 38.0 Å². The molecule has 48 heavy (non-hydrogen) atoms. The Kier molecular flexibility index (Phi) is 9.01. The fourth-order valence-corrected chi connectivity index (χ4v) is 8.75. The van der Waals surface area contributed by atoms with E-state index in [9.17, 15) is 23.1 Å². The molecule has 2 aromatic carbocycles. The van der Waals surface area contributed by atoms with E-state index in [-0.39, 0.29) is 63.6 Å². The number of likely N-dealkylation sites (tertiary alicyclic amines) is 1. The first kappa shape index (κ1) is 33.9. The van der Waals surface area contributed by atoms with E-state index in [2.05, 4.69) is 35.5 Å². The Morgan fingerprint density at radius 1 is 1.08 bits per heavy atom. The number of aromatic nitrogens is 2. The number of fused-ring (bicyclic) bond motifs is 4. The zero-order valence-electron chi connectivity index (χ0n) is 28.3. The van der Waals surface area contributed by atoms with Crippen molar-refractivity contribution in [1.29, 1.82) is 0 Å². The quantitative estimate of drug-likeness (QED) is 0.395. The van der Waals surface area contributed by atoms with Crippen molar-refractivity contribution in [1.82, 2.24) is 19.8 Å². The smallest absolute Gasteiger partial charge is 0.264 e. The van der Waals surface area contributed by atoms with Gasteiger partial charge in [0.05, 0.1) is 16.6 Å². The van der Waals surface area contributed by atoms with Gasteiger partial charge in [0, 0.05) is 36.3 Å². The van der Waals surface area contributed by atoms with Crippen LogP contribution in [0.5, 0.6) is 5.88 Å². The number of hydrogen-bond donors (Lipinski definition) is 2. The molecule has 2 N–H and O–H groups in total. The summed E-state index contributed by atoms with van der Waals surface area (Å²) in [6.07, 6.45) is 3.79. The van der Waals surface area contributed by atoms with Crippen molar-refractivity contribution in [2.45, 2.75) is 83.7 Å². The van der Waals surface area contributed by atoms with Crippen molar-refractivity contribution in [2.24, 2.45) is 10.8 Å². The lowest BCUT2D eigenvalue weighted by Gasteiger charge is -2.57. The molecule has 1 aliphatic carbocycles. The monoisotopic (exact) mass is 675 g/mol. The maximum atomic E-state index is 14.6. The van der Waals surface area contributed by atoms with Crippen LogP contribution in [0.25, 0.3) is 11.3 Å². The number of aryl methyl sites for hydroxylation is 2. The first-order valence-corrected chi connectivity index (χ1v) is 18.1. The Bertz CT molecular complexity index is 1810. The number of amides is 2. The molecule has 11 nitrogen and oxygen atoms in total. The van der Waals surface area contributed by atoms with Gasteiger partial charge in [-0.2, -0.15) is 4.98 Å². The van der Waals surface area contributed by atoms with Crippen LogP contribution in [0.1, 0.15) is 74.4 Å². The summed E-state index contributed by atoms with van der Waals surface area (Å²) in [7, 11) is -4.17. The van der Waals surface area contributed by atoms with Crippen molar-refractivity contribution >= 4 is 27.8 Å². The van der Waals surface area contributed by atoms with Crippen molar-refractivity contribution < 1.29 is 27.9 Å². The molecule has 3 aliphatic rings. The topological polar surface area (TPSA) is 142 Å². The summed E-state index contributed by atoms with van der Waals surface area (Å²) >= 11 is 0. The van der Waals surface area contributed by atoms with E-state index in [0.717, 1.165) is 29.5 Å². The molecule has 6 rings (SSSR count). The number of aliphatic hydroxyl groups excluding tert-OH is 1. The molecule has 4 bridgehead atoms. The Balaban J connectivity index is 1.43. The maximum Gasteiger partial charge on any atom is 0.264 e. The predicted octanol–water partition coefficient (Wildman–Crippen LogP) is 4.96. The number of carbonyl (C=O) groups is 2. The zero-order chi connectivity index (χ0) is 34.4. The molecule has 2 amide bonds. The highest BCUT2D eigenvalue weighted by Gasteiger charge is 2.51. The largest absolute Gasteiger partial charge is 0.475 e. The van der Waals surface area contributed by atoms with Crippen LogP contribution in [0.2, 0.25) is 0 Å². The zero-order valence-corrected chi connectivity index (χ0v) is 29.1. The Labute approximate surface area is 282 Å². The third kappa shape index (κ3) is 6.91. The van der Waals surface area contributed by atoms with Gasteiger partial charge in [-0.05, 0) is 86.1 Å². The van der Waals surface area contributed by atoms with Gasteiger partial charge in [0.1, 0.15) is 13.2 Å². The summed E-state index contributed by atoms with van der Waals surface area (Å²) in [6, 6.07) is 13.2. The number of anilines is 1. The summed E-state index contributed by atoms with van der Waals surface area (Å²) in [5, 5.41) is 9.50. The molecule has 2 aliphatic heterocycles. The fourth-order valence-electron chi connectivity index (χ4n) is 7.76. The summed E-state index contributed by atoms with van der Waals surface area (Å²) in [4.78, 5) is 39.6. The molecular weight excluding hydrogens is 630 g/mol. The minimum Gasteiger partial charge on any atom is -0.475 e. The first-order valence-electron chi connectivity index (χ1n) is 16.6. The van der Waals surface area contributed by atoms with Gasteiger partial charge >= 0.3 is 0 Å². The van der Waals surface area contributed by atoms with Gasteiger partial charge in [-0.25, -0.2) is 18.1 Å². The number of ether oxygens (including phenoxy) is 1. The first-order chi connectivity index (χ1) is 22.7. The Hall–Kier alpha value is -4.03. The van der Waals surface area contributed by atoms with Crippen LogP contribution in [-0.2, 0) is 14.8 Å². The van der Waals surface area contributed by atoms with Gasteiger partial charge < -0.3 is 19.6 Å². The lowest BCUT2D eigenvalue weighted by atomic mass is 9.60. The average molecular weight is 676 g/mol. The third-order valence-electron chi connectivity index (χ3n) is 9.84. The van der Waals surface area contributed by atoms with Crippen LogP contribution < -0.4 is 9.46 Å². The molecule has 12 heteroatoms. The van der Waals surface area contributed by atoms with Crippen LogP contribution in [0.4, 0.5) is 5.95 Å². The highest BCUT2D eigenvalue weighted by molar-refractivity contribution is 7.92. The number of rotatable bonds is 4. The standard InChI is InChI=1S/C36H45N5O6S/c1-23-9-6-10-24(2)32(23)29-16-30-38-34(37-29)39-48(45,46)28-12-7-11-25(15-28)33(44)41(27(21-47-30)17-35(3,4)5)26-18-36(19-26)13-8-14-40(22-36)31(43)20-42/h6-7,9-12,15-16,26-27,42H,8,13-14,17-22H2,1-5H3,(H,37,38,39)/t26?,27-,36?/m1/s1. The normalized spacial score (nSPS) is 24.0. The second kappa shape index (κ2) is 12.8. The number of benzene rings is 2. The summed E-state index contributed by atoms with van der Waals surface area (Å²) in [5.41, 5.74) is 3.29. The van der Waals surface area contributed by atoms with Crippen LogP contribution in [0.15, 0.2) is 53.4 Å². The van der Waals surface area contributed by atoms with Crippen LogP contribution in [0, 0.1) is 24.7 Å². The number of nitrogens with zero attached hydrogens (tertiary/aromatic N) is 4. The van der Waals surface area contributed by atoms with Gasteiger partial charge in [-0.3, -0.25) is 9.59 Å². The average Bonchev–Trinajstić information content (AvgIpc) is 3.01. The molecule has 1 saturated carbocycles. The van der Waals surface area contributed by atoms with Gasteiger partial charge in [0.25, 0.3) is 15.9 Å². The van der Waals surface area contributed by atoms with Crippen LogP contribution >= 0.6 is 0 Å². The van der Waals surface area contributed by atoms with E-state index >= 15 is 0 Å². The molecule has 1 saturated heterocycles. The molecule has 256 valence electrons. The Morgan fingerprint density at radius 2 is 1.79 bits per heavy atom. The van der Waals surface area contributed by atoms with E-state index < -0.39 is 16.6 Å². The van der Waals surface area contributed by atoms with Crippen molar-refractivity contribution in [3.8, 4) is 17.1 Å². The van der Waals surface area contributed by atoms with Crippen molar-refractivity contribution in [3.05, 3.63) is 65.2 Å². The minimum absolute atomic E-state index is 0.0704. The van der Waals surface area contributed by atoms with Gasteiger partial charge in [-0.15, -0.1) is 0 Å². The summed E-state index contributed by atoms with van der Waals surface area (Å²) < 4.78 is 36.4. The van der Waals surface area contributed by atoms with Crippen molar-refractivity contribution in [2.75, 3.05) is 31.0 Å². The minimum atomic E-state index is -4.17. The van der Waals surface area contributed by atoms with Gasteiger partial charge in [-0.1, -0.05) is 45.0 Å². The van der Waals surface area contributed by atoms with Crippen LogP contribution in [0.3, 0.4) is 0 Å². The molecule has 2 fully saturated rings. The molecule has 1 atom stereocenters. The molecule has 1 aromatic heterocycles. The van der Waals surface area contributed by atoms with E-state index in [1.165, 1.54) is 12.1 Å². The summed E-state index contributed by atoms with van der Waals surface area (Å²) in [5.74, 6) is -0.457. The van der Waals surface area contributed by atoms with E-state index in [1.54, 1.807) is 23.1 Å². The second-order valence-electron chi connectivity index (χ2n) is 14.9. The molecule has 0 unspecified atom stereocenters. The molecule has 0 radical (unpaired) electrons. The lowest BCUT2D eigenvalue weighted by molar-refractivity contribution is -0.142. The molecule has 1 spiro atoms. The van der Waals surface area contributed by atoms with E-state index in [4.69, 9.17) is 4.74 Å². The lowest BCUT2D eigenvalue weighted by Crippen LogP contribution is -2.62. The van der Waals surface area contributed by atoms with E-state index in [1.807, 2.05) is 36.9 Å². The molecular formula is C36H45N5O6S. The number of sulfonamides is 1. The van der Waals surface area contributed by atoms with Gasteiger partial charge in [0.15, 0.2) is 0 Å². The number of hydrogen-bond acceptors (Lipinski definition) is 8. The SMILES string of the molecule is Cc1cccc(C)c1-c1cc2nc(n1)NS(=O)(=O)c1cccc(c1)C(=O)N(C1CC3(CCCN(C(=O)CO)C3)C1)[C@H](CC(C)(C)C)CO2. The molecule has 3 heterocycles. The maximum absolute atomic E-state index is 14.6. The fraction of sp³-hybridized carbons (Fsp3) is 0.500. The number of aliphatic hydroxyl groups is 1. The van der Waals surface area contributed by atoms with Crippen LogP contribution in [-0.4, -0.2) is 83.5 Å². The molecule has 3 aromatic rings. The Morgan fingerprint density at radius 3 is 2.48 bits per heavy atom. The third-order valence-corrected chi connectivity index (χ3v) is 11.2. The summed E-state index contributed by atoms with van der Waals surface area (Å²) in [6.45, 7) is 11.1. The predicted molar refractivity (Wildman–Crippen MR) is 182 cm³/mol. The van der Waals surface area contributed by atoms with Crippen molar-refractivity contribution in [3.63, 3.8) is 0 Å². The van der Waals surface area contributed by atoms with Gasteiger partial charge in [0.2, 0.25) is 17.7 Å².